The van der Waals surface area contributed by atoms with Gasteiger partial charge in [0.05, 0.1) is 5.71 Å². The monoisotopic (exact) mass is 898 g/mol. The summed E-state index contributed by atoms with van der Waals surface area (Å²) >= 11 is 0. The van der Waals surface area contributed by atoms with Gasteiger partial charge in [-0.25, -0.2) is 0 Å². The van der Waals surface area contributed by atoms with Crippen LogP contribution in [-0.4, -0.2) is 177 Å². The van der Waals surface area contributed by atoms with Crippen LogP contribution < -0.4 is 5.32 Å². The van der Waals surface area contributed by atoms with E-state index in [2.05, 4.69) is 27.1 Å². The van der Waals surface area contributed by atoms with E-state index in [0.717, 1.165) is 69.1 Å². The average molecular weight is 899 g/mol. The van der Waals surface area contributed by atoms with Crippen molar-refractivity contribution < 1.29 is 47.8 Å². The van der Waals surface area contributed by atoms with E-state index in [4.69, 9.17) is 24.5 Å². The molecule has 3 aliphatic heterocycles. The van der Waals surface area contributed by atoms with Crippen molar-refractivity contribution in [1.29, 1.82) is 5.41 Å². The normalized spacial score (nSPS) is 17.2. The van der Waals surface area contributed by atoms with Gasteiger partial charge >= 0.3 is 18.1 Å². The lowest BCUT2D eigenvalue weighted by Crippen LogP contribution is -2.49. The third-order valence-corrected chi connectivity index (χ3v) is 10.6. The van der Waals surface area contributed by atoms with Crippen molar-refractivity contribution in [2.45, 2.75) is 39.9 Å². The lowest BCUT2D eigenvalue weighted by molar-refractivity contribution is -0.191. The van der Waals surface area contributed by atoms with E-state index in [-0.39, 0.29) is 29.8 Å². The minimum Gasteiger partial charge on any atom is -0.447 e. The van der Waals surface area contributed by atoms with Crippen LogP contribution in [0.3, 0.4) is 0 Å². The molecule has 1 aliphatic carbocycles. The van der Waals surface area contributed by atoms with Crippen molar-refractivity contribution in [3.8, 4) is 0 Å². The van der Waals surface area contributed by atoms with Crippen molar-refractivity contribution in [3.05, 3.63) is 101 Å². The molecule has 3 fully saturated rings. The van der Waals surface area contributed by atoms with E-state index in [0.29, 0.717) is 43.1 Å². The number of piperazine rings is 3. The number of likely N-dealkylation sites (N-methyl/N-ethyl adjacent to an activating group) is 3. The number of aryl methyl sites for hydroxylation is 1. The van der Waals surface area contributed by atoms with Crippen molar-refractivity contribution in [1.82, 2.24) is 29.4 Å². The van der Waals surface area contributed by atoms with Crippen LogP contribution in [0.2, 0.25) is 0 Å². The molecule has 2 aromatic rings. The van der Waals surface area contributed by atoms with Crippen LogP contribution in [-0.2, 0) is 47.8 Å². The summed E-state index contributed by atoms with van der Waals surface area (Å²) in [5.41, 5.74) is 4.37. The van der Waals surface area contributed by atoms with Crippen LogP contribution in [0.1, 0.15) is 49.7 Å². The summed E-state index contributed by atoms with van der Waals surface area (Å²) in [5.74, 6) is -1.41. The van der Waals surface area contributed by atoms with Gasteiger partial charge in [-0.05, 0) is 57.9 Å². The first kappa shape index (κ1) is 52.8. The Bertz CT molecular complexity index is 2060. The quantitative estimate of drug-likeness (QED) is 0.289. The Morgan fingerprint density at radius 3 is 1.29 bits per heavy atom. The molecule has 0 aromatic heterocycles. The van der Waals surface area contributed by atoms with Gasteiger partial charge in [-0.2, -0.15) is 9.59 Å². The van der Waals surface area contributed by atoms with Gasteiger partial charge in [-0.3, -0.25) is 28.8 Å². The maximum Gasteiger partial charge on any atom is 0.373 e. The molecule has 3 saturated heterocycles. The summed E-state index contributed by atoms with van der Waals surface area (Å²) in [6, 6.07) is 14.3. The second-order valence-electron chi connectivity index (χ2n) is 15.9. The Balaban J connectivity index is 0.000000254. The molecule has 2 unspecified atom stereocenters. The van der Waals surface area contributed by atoms with Crippen molar-refractivity contribution in [2.24, 2.45) is 0 Å². The van der Waals surface area contributed by atoms with Crippen molar-refractivity contribution in [3.63, 3.8) is 0 Å². The number of nitrogens with one attached hydrogen (secondary N) is 2. The first-order valence-electron chi connectivity index (χ1n) is 21.3. The molecule has 65 heavy (non-hydrogen) atoms. The standard InChI is InChI=1S/C17H23N3O4.C16H22N2O3.C13H17N3O.CO2/c1-12(21)18-15-6-4-14(5-7-15)16(24-13(2)22)17(23)20-10-8-19(3)9-11-20;1-12-4-6-14(7-5-12)15(21-13(2)19)16(20)18-10-8-17(3)9-11-18;1-15-6-8-16(9-7-15)13(17)10-11-2-4-12(14)5-3-11;2-1-3/h4-7,16H,8-11H2,1-3H3,(H,18,21);4-7,15H,8-11H2,1-3H3;2-5,10,14H,6-9H2,1H3;. The predicted octanol–water partition coefficient (Wildman–Crippen LogP) is 2.65. The fourth-order valence-electron chi connectivity index (χ4n) is 6.77. The number of carbonyl (C=O) groups is 6. The highest BCUT2D eigenvalue weighted by atomic mass is 16.6. The SMILES string of the molecule is CC(=O)Nc1ccc(C(OC(C)=O)C(=O)N2CCN(C)CC2)cc1.CC(=O)OC(C(=O)N1CCN(C)CC1)c1ccc(C)cc1.CN1CCN(C(=O)C=C2C=CC(=N)C=C2)CC1.O=C=O. The number of nitrogens with zero attached hydrogens (tertiary/aromatic N) is 6. The first-order chi connectivity index (χ1) is 30.9. The predicted molar refractivity (Wildman–Crippen MR) is 242 cm³/mol. The van der Waals surface area contributed by atoms with Crippen LogP contribution >= 0.6 is 0 Å². The van der Waals surface area contributed by atoms with E-state index in [1.54, 1.807) is 64.4 Å². The van der Waals surface area contributed by atoms with Gasteiger partial charge < -0.3 is 49.6 Å². The highest BCUT2D eigenvalue weighted by Crippen LogP contribution is 2.24. The maximum atomic E-state index is 12.8. The van der Waals surface area contributed by atoms with E-state index in [9.17, 15) is 28.8 Å². The van der Waals surface area contributed by atoms with Crippen LogP contribution in [0, 0.1) is 12.3 Å². The van der Waals surface area contributed by atoms with Crippen molar-refractivity contribution >= 4 is 53.1 Å². The van der Waals surface area contributed by atoms with Gasteiger partial charge in [-0.15, -0.1) is 0 Å². The van der Waals surface area contributed by atoms with E-state index < -0.39 is 24.1 Å². The molecule has 4 amide bonds. The second kappa shape index (κ2) is 26.9. The van der Waals surface area contributed by atoms with Gasteiger partial charge in [0.2, 0.25) is 24.0 Å². The Hall–Kier alpha value is -6.59. The molecular formula is C47H62N8O10. The molecule has 0 spiro atoms. The molecule has 2 N–H and O–H groups in total. The topological polar surface area (TPSA) is 210 Å². The number of allylic oxidation sites excluding steroid dienone is 5. The molecule has 3 heterocycles. The summed E-state index contributed by atoms with van der Waals surface area (Å²) in [6.45, 7) is 15.3. The fraction of sp³-hybridized carbons (Fsp3) is 0.447. The molecule has 350 valence electrons. The highest BCUT2D eigenvalue weighted by Gasteiger charge is 2.32. The molecular weight excluding hydrogens is 837 g/mol. The number of amides is 4. The van der Waals surface area contributed by atoms with Gasteiger partial charge in [0.25, 0.3) is 11.8 Å². The first-order valence-corrected chi connectivity index (χ1v) is 21.3. The number of anilines is 1. The summed E-state index contributed by atoms with van der Waals surface area (Å²) in [7, 11) is 6.11. The Labute approximate surface area is 381 Å². The summed E-state index contributed by atoms with van der Waals surface area (Å²) < 4.78 is 10.5. The Morgan fingerprint density at radius 1 is 0.585 bits per heavy atom. The second-order valence-corrected chi connectivity index (χ2v) is 15.9. The zero-order valence-electron chi connectivity index (χ0n) is 38.4. The largest absolute Gasteiger partial charge is 0.447 e. The van der Waals surface area contributed by atoms with Gasteiger partial charge in [0, 0.05) is 122 Å². The fourth-order valence-corrected chi connectivity index (χ4v) is 6.77. The Morgan fingerprint density at radius 2 is 0.938 bits per heavy atom. The van der Waals surface area contributed by atoms with Crippen LogP contribution in [0.15, 0.2) is 84.5 Å². The minimum atomic E-state index is -0.961. The lowest BCUT2D eigenvalue weighted by Gasteiger charge is -2.34. The molecule has 18 nitrogen and oxygen atoms in total. The van der Waals surface area contributed by atoms with E-state index in [1.807, 2.05) is 50.2 Å². The summed E-state index contributed by atoms with van der Waals surface area (Å²) in [6.07, 6.45) is 7.09. The molecule has 2 atom stereocenters. The van der Waals surface area contributed by atoms with E-state index >= 15 is 0 Å². The number of rotatable bonds is 8. The summed E-state index contributed by atoms with van der Waals surface area (Å²) in [4.78, 5) is 99.4. The molecule has 6 rings (SSSR count). The zero-order valence-corrected chi connectivity index (χ0v) is 38.4. The molecule has 0 radical (unpaired) electrons. The van der Waals surface area contributed by atoms with Gasteiger partial charge in [-0.1, -0.05) is 54.1 Å². The summed E-state index contributed by atoms with van der Waals surface area (Å²) in [5, 5.41) is 10.0. The maximum absolute atomic E-state index is 12.8. The molecule has 2 aromatic carbocycles. The van der Waals surface area contributed by atoms with Crippen molar-refractivity contribution in [2.75, 3.05) is 105 Å². The number of carbonyl (C=O) groups excluding carboxylic acids is 8. The smallest absolute Gasteiger partial charge is 0.373 e. The molecule has 0 saturated carbocycles. The van der Waals surface area contributed by atoms with Gasteiger partial charge in [0.1, 0.15) is 0 Å². The average Bonchev–Trinajstić information content (AvgIpc) is 3.27. The van der Waals surface area contributed by atoms with Crippen LogP contribution in [0.25, 0.3) is 0 Å². The third-order valence-electron chi connectivity index (χ3n) is 10.6. The van der Waals surface area contributed by atoms with Crippen LogP contribution in [0.5, 0.6) is 0 Å². The van der Waals surface area contributed by atoms with E-state index in [1.165, 1.54) is 20.8 Å². The molecule has 4 aliphatic rings. The minimum absolute atomic E-state index is 0.0656. The number of esters is 2. The number of ether oxygens (including phenoxy) is 2. The molecule has 18 heteroatoms. The molecule has 0 bridgehead atoms. The Kier molecular flexibility index (Phi) is 21.8. The third kappa shape index (κ3) is 18.6. The lowest BCUT2D eigenvalue weighted by atomic mass is 10.1. The van der Waals surface area contributed by atoms with Gasteiger partial charge in [0.15, 0.2) is 0 Å². The van der Waals surface area contributed by atoms with Crippen LogP contribution in [0.4, 0.5) is 5.69 Å². The number of hydrogen-bond acceptors (Lipinski definition) is 14. The highest BCUT2D eigenvalue weighted by molar-refractivity contribution is 6.04. The number of hydrogen-bond donors (Lipinski definition) is 2. The number of benzene rings is 2. The zero-order chi connectivity index (χ0) is 48.1.